The predicted molar refractivity (Wildman–Crippen MR) is 116 cm³/mol. The highest BCUT2D eigenvalue weighted by atomic mass is 16.5. The zero-order valence-corrected chi connectivity index (χ0v) is 18.1. The van der Waals surface area contributed by atoms with E-state index in [2.05, 4.69) is 11.4 Å². The molecule has 0 bridgehead atoms. The molecule has 166 valence electrons. The van der Waals surface area contributed by atoms with Gasteiger partial charge in [0.05, 0.1) is 19.8 Å². The first-order valence-corrected chi connectivity index (χ1v) is 10.3. The number of amides is 1. The van der Waals surface area contributed by atoms with Crippen LogP contribution in [0.15, 0.2) is 42.5 Å². The molecule has 1 amide bonds. The summed E-state index contributed by atoms with van der Waals surface area (Å²) in [6.45, 7) is 2.45. The number of methoxy groups -OCH3 is 2. The van der Waals surface area contributed by atoms with Gasteiger partial charge in [0.25, 0.3) is 5.91 Å². The van der Waals surface area contributed by atoms with E-state index < -0.39 is 23.5 Å². The molecule has 1 fully saturated rings. The van der Waals surface area contributed by atoms with E-state index in [0.29, 0.717) is 49.4 Å². The lowest BCUT2D eigenvalue weighted by molar-refractivity contribution is -0.149. The van der Waals surface area contributed by atoms with Crippen molar-refractivity contribution < 1.29 is 28.9 Å². The van der Waals surface area contributed by atoms with Gasteiger partial charge in [0, 0.05) is 19.1 Å². The van der Waals surface area contributed by atoms with E-state index in [9.17, 15) is 14.7 Å². The minimum absolute atomic E-state index is 0.300. The molecule has 2 aromatic rings. The van der Waals surface area contributed by atoms with Crippen molar-refractivity contribution in [2.24, 2.45) is 0 Å². The Morgan fingerprint density at radius 2 is 1.97 bits per heavy atom. The van der Waals surface area contributed by atoms with Crippen molar-refractivity contribution >= 4 is 11.9 Å². The van der Waals surface area contributed by atoms with Crippen molar-refractivity contribution in [3.8, 4) is 11.5 Å². The average Bonchev–Trinajstić information content (AvgIpc) is 3.17. The van der Waals surface area contributed by atoms with E-state index in [1.165, 1.54) is 19.8 Å². The molecule has 0 aliphatic heterocycles. The Morgan fingerprint density at radius 3 is 2.65 bits per heavy atom. The molecule has 2 N–H and O–H groups in total. The molecule has 7 nitrogen and oxygen atoms in total. The quantitative estimate of drug-likeness (QED) is 0.637. The maximum atomic E-state index is 12.9. The van der Waals surface area contributed by atoms with Crippen LogP contribution in [0.5, 0.6) is 11.5 Å². The molecular weight excluding hydrogens is 398 g/mol. The number of aryl methyl sites for hydroxylation is 1. The van der Waals surface area contributed by atoms with Gasteiger partial charge in [-0.3, -0.25) is 4.79 Å². The lowest BCUT2D eigenvalue weighted by atomic mass is 9.94. The highest BCUT2D eigenvalue weighted by molar-refractivity contribution is 5.98. The number of nitrogens with one attached hydrogen (secondary N) is 1. The van der Waals surface area contributed by atoms with Gasteiger partial charge < -0.3 is 24.6 Å². The first-order valence-electron chi connectivity index (χ1n) is 10.3. The second kappa shape index (κ2) is 9.83. The first kappa shape index (κ1) is 22.6. The summed E-state index contributed by atoms with van der Waals surface area (Å²) in [4.78, 5) is 24.9. The van der Waals surface area contributed by atoms with Gasteiger partial charge in [0.1, 0.15) is 0 Å². The summed E-state index contributed by atoms with van der Waals surface area (Å²) in [6.07, 6.45) is 1.71. The van der Waals surface area contributed by atoms with E-state index in [0.717, 1.165) is 5.56 Å². The summed E-state index contributed by atoms with van der Waals surface area (Å²) in [7, 11) is 3.00. The van der Waals surface area contributed by atoms with Gasteiger partial charge in [-0.15, -0.1) is 0 Å². The molecule has 0 saturated heterocycles. The van der Waals surface area contributed by atoms with Gasteiger partial charge in [0.2, 0.25) is 0 Å². The van der Waals surface area contributed by atoms with Crippen LogP contribution in [-0.4, -0.2) is 49.5 Å². The Kier molecular flexibility index (Phi) is 7.17. The number of carboxylic acid groups (broad SMARTS) is 1. The average molecular weight is 427 g/mol. The summed E-state index contributed by atoms with van der Waals surface area (Å²) >= 11 is 0. The molecule has 31 heavy (non-hydrogen) atoms. The molecule has 3 rings (SSSR count). The number of hydrogen-bond acceptors (Lipinski definition) is 5. The largest absolute Gasteiger partial charge is 0.493 e. The fraction of sp³-hybridized carbons (Fsp3) is 0.417. The Balaban J connectivity index is 1.74. The number of carbonyl (C=O) groups is 2. The van der Waals surface area contributed by atoms with Crippen LogP contribution in [0.3, 0.4) is 0 Å². The molecule has 2 unspecified atom stereocenters. The van der Waals surface area contributed by atoms with E-state index in [-0.39, 0.29) is 0 Å². The van der Waals surface area contributed by atoms with Gasteiger partial charge in [-0.25, -0.2) is 4.79 Å². The molecule has 0 heterocycles. The van der Waals surface area contributed by atoms with Gasteiger partial charge in [-0.2, -0.15) is 0 Å². The van der Waals surface area contributed by atoms with Gasteiger partial charge in [-0.05, 0) is 49.9 Å². The summed E-state index contributed by atoms with van der Waals surface area (Å²) < 4.78 is 16.6. The van der Waals surface area contributed by atoms with Gasteiger partial charge in [0.15, 0.2) is 17.0 Å². The van der Waals surface area contributed by atoms with Gasteiger partial charge in [-0.1, -0.05) is 29.8 Å². The molecule has 0 radical (unpaired) electrons. The minimum atomic E-state index is -1.43. The maximum Gasteiger partial charge on any atom is 0.332 e. The monoisotopic (exact) mass is 427 g/mol. The van der Waals surface area contributed by atoms with Crippen LogP contribution in [-0.2, 0) is 16.0 Å². The summed E-state index contributed by atoms with van der Waals surface area (Å²) in [5.74, 6) is -0.642. The summed E-state index contributed by atoms with van der Waals surface area (Å²) in [6, 6.07) is 13.0. The Morgan fingerprint density at radius 1 is 1.16 bits per heavy atom. The first-order chi connectivity index (χ1) is 14.9. The lowest BCUT2D eigenvalue weighted by Gasteiger charge is -2.31. The summed E-state index contributed by atoms with van der Waals surface area (Å²) in [5.41, 5.74) is 1.21. The minimum Gasteiger partial charge on any atom is -0.493 e. The molecule has 1 aliphatic rings. The Labute approximate surface area is 182 Å². The van der Waals surface area contributed by atoms with E-state index in [4.69, 9.17) is 14.2 Å². The van der Waals surface area contributed by atoms with Crippen LogP contribution < -0.4 is 14.8 Å². The fourth-order valence-corrected chi connectivity index (χ4v) is 4.09. The second-order valence-electron chi connectivity index (χ2n) is 7.80. The van der Waals surface area contributed by atoms with Crippen LogP contribution in [0, 0.1) is 6.92 Å². The van der Waals surface area contributed by atoms with E-state index in [1.807, 2.05) is 25.1 Å². The molecule has 0 spiro atoms. The third-order valence-corrected chi connectivity index (χ3v) is 5.75. The van der Waals surface area contributed by atoms with Crippen molar-refractivity contribution in [2.75, 3.05) is 20.8 Å². The molecule has 2 atom stereocenters. The number of carbonyl (C=O) groups excluding carboxylic acids is 1. The third-order valence-electron chi connectivity index (χ3n) is 5.75. The van der Waals surface area contributed by atoms with E-state index >= 15 is 0 Å². The highest BCUT2D eigenvalue weighted by Gasteiger charge is 2.51. The highest BCUT2D eigenvalue weighted by Crippen LogP contribution is 2.34. The molecule has 1 saturated carbocycles. The number of ether oxygens (including phenoxy) is 3. The number of rotatable bonds is 9. The van der Waals surface area contributed by atoms with Crippen LogP contribution >= 0.6 is 0 Å². The van der Waals surface area contributed by atoms with Crippen LogP contribution in [0.4, 0.5) is 0 Å². The number of hydrogen-bond donors (Lipinski definition) is 2. The SMILES string of the molecule is COc1ccc(C(=O)NC2(C(=O)O)CCCC2OC)cc1OCCc1cccc(C)c1. The maximum absolute atomic E-state index is 12.9. The smallest absolute Gasteiger partial charge is 0.332 e. The summed E-state index contributed by atoms with van der Waals surface area (Å²) in [5, 5.41) is 12.5. The number of carboxylic acids is 1. The number of benzene rings is 2. The molecule has 1 aliphatic carbocycles. The van der Waals surface area contributed by atoms with Crippen molar-refractivity contribution in [3.05, 3.63) is 59.2 Å². The zero-order valence-electron chi connectivity index (χ0n) is 18.1. The van der Waals surface area contributed by atoms with Crippen molar-refractivity contribution in [1.29, 1.82) is 0 Å². The normalized spacial score (nSPS) is 20.3. The molecule has 2 aromatic carbocycles. The Hall–Kier alpha value is -3.06. The van der Waals surface area contributed by atoms with Crippen LogP contribution in [0.2, 0.25) is 0 Å². The predicted octanol–water partition coefficient (Wildman–Crippen LogP) is 3.38. The standard InChI is InChI=1S/C24H29NO6/c1-16-6-4-7-17(14-16)11-13-31-20-15-18(9-10-19(20)29-2)22(26)25-24(23(27)28)12-5-8-21(24)30-3/h4,6-7,9-10,14-15,21H,5,8,11-13H2,1-3H3,(H,25,26)(H,27,28). The third kappa shape index (κ3) is 4.99. The topological polar surface area (TPSA) is 94.1 Å². The molecular formula is C24H29NO6. The van der Waals surface area contributed by atoms with Crippen LogP contribution in [0.25, 0.3) is 0 Å². The van der Waals surface area contributed by atoms with Crippen molar-refractivity contribution in [1.82, 2.24) is 5.32 Å². The van der Waals surface area contributed by atoms with Crippen molar-refractivity contribution in [2.45, 2.75) is 44.2 Å². The lowest BCUT2D eigenvalue weighted by Crippen LogP contribution is -2.59. The number of aliphatic carboxylic acids is 1. The van der Waals surface area contributed by atoms with Crippen LogP contribution in [0.1, 0.15) is 40.7 Å². The van der Waals surface area contributed by atoms with Gasteiger partial charge >= 0.3 is 5.97 Å². The fourth-order valence-electron chi connectivity index (χ4n) is 4.09. The second-order valence-corrected chi connectivity index (χ2v) is 7.80. The van der Waals surface area contributed by atoms with E-state index in [1.54, 1.807) is 18.2 Å². The zero-order chi connectivity index (χ0) is 22.4. The molecule has 7 heteroatoms. The molecule has 0 aromatic heterocycles. The van der Waals surface area contributed by atoms with Crippen molar-refractivity contribution in [3.63, 3.8) is 0 Å². The Bertz CT molecular complexity index is 943.